The van der Waals surface area contributed by atoms with E-state index in [1.165, 1.54) is 0 Å². The molecule has 0 saturated heterocycles. The normalized spacial score (nSPS) is 12.7. The van der Waals surface area contributed by atoms with Crippen molar-refractivity contribution in [1.82, 2.24) is 30.3 Å². The predicted octanol–water partition coefficient (Wildman–Crippen LogP) is 0.985. The van der Waals surface area contributed by atoms with Crippen LogP contribution in [0.5, 0.6) is 0 Å². The predicted molar refractivity (Wildman–Crippen MR) is 66.4 cm³/mol. The molecule has 17 heavy (non-hydrogen) atoms. The van der Waals surface area contributed by atoms with Crippen molar-refractivity contribution in [2.45, 2.75) is 13.0 Å². The zero-order valence-electron chi connectivity index (χ0n) is 9.85. The van der Waals surface area contributed by atoms with Gasteiger partial charge in [-0.05, 0) is 36.0 Å². The van der Waals surface area contributed by atoms with Crippen molar-refractivity contribution < 1.29 is 0 Å². The van der Waals surface area contributed by atoms with Crippen molar-refractivity contribution in [1.29, 1.82) is 0 Å². The highest BCUT2D eigenvalue weighted by atomic mass is 79.9. The van der Waals surface area contributed by atoms with Gasteiger partial charge in [-0.15, -0.1) is 5.10 Å². The number of nitrogens with one attached hydrogen (secondary N) is 1. The molecule has 6 nitrogen and oxygen atoms in total. The summed E-state index contributed by atoms with van der Waals surface area (Å²) in [5, 5.41) is 11.2. The van der Waals surface area contributed by atoms with E-state index in [0.717, 1.165) is 21.8 Å². The Morgan fingerprint density at radius 1 is 1.47 bits per heavy atom. The van der Waals surface area contributed by atoms with Crippen LogP contribution in [-0.2, 0) is 7.05 Å². The van der Waals surface area contributed by atoms with Crippen molar-refractivity contribution >= 4 is 15.9 Å². The van der Waals surface area contributed by atoms with Crippen molar-refractivity contribution in [2.24, 2.45) is 7.05 Å². The number of aromatic nitrogens is 5. The summed E-state index contributed by atoms with van der Waals surface area (Å²) in [5.74, 6) is 0.744. The van der Waals surface area contributed by atoms with Crippen LogP contribution in [0, 0.1) is 6.92 Å². The van der Waals surface area contributed by atoms with Crippen molar-refractivity contribution in [2.75, 3.05) is 7.05 Å². The summed E-state index contributed by atoms with van der Waals surface area (Å²) in [5.41, 5.74) is 1.83. The molecule has 0 aliphatic carbocycles. The van der Waals surface area contributed by atoms with Crippen LogP contribution < -0.4 is 5.32 Å². The Bertz CT molecular complexity index is 504. The third-order valence-corrected chi connectivity index (χ3v) is 3.05. The van der Waals surface area contributed by atoms with E-state index >= 15 is 0 Å². The van der Waals surface area contributed by atoms with Crippen LogP contribution in [0.15, 0.2) is 16.9 Å². The molecule has 1 unspecified atom stereocenters. The molecule has 0 bridgehead atoms. The molecular formula is C10H13BrN6. The maximum atomic E-state index is 4.42. The number of aryl methyl sites for hydroxylation is 2. The molecule has 2 heterocycles. The molecule has 0 radical (unpaired) electrons. The number of hydrogen-bond acceptors (Lipinski definition) is 5. The van der Waals surface area contributed by atoms with Gasteiger partial charge in [0.1, 0.15) is 5.82 Å². The summed E-state index contributed by atoms with van der Waals surface area (Å²) in [6.07, 6.45) is 1.75. The number of halogens is 1. The van der Waals surface area contributed by atoms with Gasteiger partial charge in [0.2, 0.25) is 0 Å². The molecule has 0 saturated carbocycles. The Kier molecular flexibility index (Phi) is 3.49. The average molecular weight is 297 g/mol. The van der Waals surface area contributed by atoms with Gasteiger partial charge < -0.3 is 5.32 Å². The van der Waals surface area contributed by atoms with E-state index < -0.39 is 0 Å². The minimum atomic E-state index is -0.0638. The molecule has 0 amide bonds. The third kappa shape index (κ3) is 2.34. The zero-order chi connectivity index (χ0) is 12.4. The molecular weight excluding hydrogens is 284 g/mol. The van der Waals surface area contributed by atoms with Gasteiger partial charge in [-0.2, -0.15) is 0 Å². The van der Waals surface area contributed by atoms with Gasteiger partial charge in [-0.1, -0.05) is 5.21 Å². The number of hydrogen-bond donors (Lipinski definition) is 1. The first-order chi connectivity index (χ1) is 8.13. The molecule has 90 valence electrons. The minimum absolute atomic E-state index is 0.0638. The van der Waals surface area contributed by atoms with Crippen LogP contribution in [0.4, 0.5) is 0 Å². The fourth-order valence-corrected chi connectivity index (χ4v) is 2.26. The minimum Gasteiger partial charge on any atom is -0.307 e. The quantitative estimate of drug-likeness (QED) is 0.915. The number of rotatable bonds is 3. The first kappa shape index (κ1) is 12.1. The lowest BCUT2D eigenvalue weighted by atomic mass is 10.1. The van der Waals surface area contributed by atoms with Crippen molar-refractivity contribution in [3.8, 4) is 0 Å². The smallest absolute Gasteiger partial charge is 0.153 e. The van der Waals surface area contributed by atoms with Gasteiger partial charge in [0, 0.05) is 13.2 Å². The lowest BCUT2D eigenvalue weighted by molar-refractivity contribution is 0.584. The van der Waals surface area contributed by atoms with Crippen LogP contribution in [0.3, 0.4) is 0 Å². The average Bonchev–Trinajstić information content (AvgIpc) is 2.62. The summed E-state index contributed by atoms with van der Waals surface area (Å²) in [6.45, 7) is 1.87. The molecule has 7 heteroatoms. The van der Waals surface area contributed by atoms with E-state index in [0.29, 0.717) is 0 Å². The van der Waals surface area contributed by atoms with Gasteiger partial charge in [-0.25, -0.2) is 14.6 Å². The molecule has 0 aliphatic rings. The van der Waals surface area contributed by atoms with Crippen LogP contribution in [0.2, 0.25) is 0 Å². The van der Waals surface area contributed by atoms with Gasteiger partial charge >= 0.3 is 0 Å². The Labute approximate surface area is 108 Å². The fourth-order valence-electron chi connectivity index (χ4n) is 1.71. The van der Waals surface area contributed by atoms with E-state index in [1.54, 1.807) is 10.9 Å². The Morgan fingerprint density at radius 2 is 2.24 bits per heavy atom. The molecule has 1 atom stereocenters. The van der Waals surface area contributed by atoms with Crippen LogP contribution >= 0.6 is 15.9 Å². The van der Waals surface area contributed by atoms with E-state index in [-0.39, 0.29) is 6.04 Å². The van der Waals surface area contributed by atoms with Crippen LogP contribution in [-0.4, -0.2) is 32.0 Å². The van der Waals surface area contributed by atoms with Crippen molar-refractivity contribution in [3.63, 3.8) is 0 Å². The molecule has 2 rings (SSSR count). The Balaban J connectivity index is 2.47. The van der Waals surface area contributed by atoms with Crippen molar-refractivity contribution in [3.05, 3.63) is 34.1 Å². The SMILES string of the molecule is CNC(c1ccnc(C)n1)c1c(Br)nnn1C. The lowest BCUT2D eigenvalue weighted by Gasteiger charge is -2.15. The molecule has 2 aromatic heterocycles. The van der Waals surface area contributed by atoms with Gasteiger partial charge in [0.25, 0.3) is 0 Å². The van der Waals surface area contributed by atoms with E-state index in [9.17, 15) is 0 Å². The van der Waals surface area contributed by atoms with Gasteiger partial charge in [0.05, 0.1) is 17.4 Å². The second-order valence-electron chi connectivity index (χ2n) is 3.64. The molecule has 0 aromatic carbocycles. The van der Waals surface area contributed by atoms with Crippen LogP contribution in [0.25, 0.3) is 0 Å². The largest absolute Gasteiger partial charge is 0.307 e. The molecule has 2 aromatic rings. The second-order valence-corrected chi connectivity index (χ2v) is 4.39. The second kappa shape index (κ2) is 4.89. The summed E-state index contributed by atoms with van der Waals surface area (Å²) in [7, 11) is 3.73. The molecule has 1 N–H and O–H groups in total. The highest BCUT2D eigenvalue weighted by Gasteiger charge is 2.21. The highest BCUT2D eigenvalue weighted by Crippen LogP contribution is 2.24. The summed E-state index contributed by atoms with van der Waals surface area (Å²) in [4.78, 5) is 8.51. The standard InChI is InChI=1S/C10H13BrN6/c1-6-13-5-4-7(14-6)8(12-2)9-10(11)15-16-17(9)3/h4-5,8,12H,1-3H3. The first-order valence-corrected chi connectivity index (χ1v) is 5.94. The summed E-state index contributed by atoms with van der Waals surface area (Å²) in [6, 6.07) is 1.82. The highest BCUT2D eigenvalue weighted by molar-refractivity contribution is 9.10. The number of nitrogens with zero attached hydrogens (tertiary/aromatic N) is 5. The maximum absolute atomic E-state index is 4.42. The monoisotopic (exact) mass is 296 g/mol. The van der Waals surface area contributed by atoms with E-state index in [2.05, 4.69) is 41.5 Å². The summed E-state index contributed by atoms with van der Waals surface area (Å²) >= 11 is 3.40. The van der Waals surface area contributed by atoms with E-state index in [1.807, 2.05) is 27.1 Å². The molecule has 0 fully saturated rings. The Hall–Kier alpha value is -1.34. The zero-order valence-corrected chi connectivity index (χ0v) is 11.4. The molecule has 0 aliphatic heterocycles. The third-order valence-electron chi connectivity index (χ3n) is 2.48. The fraction of sp³-hybridized carbons (Fsp3) is 0.400. The maximum Gasteiger partial charge on any atom is 0.153 e. The lowest BCUT2D eigenvalue weighted by Crippen LogP contribution is -2.22. The topological polar surface area (TPSA) is 68.5 Å². The van der Waals surface area contributed by atoms with Crippen LogP contribution in [0.1, 0.15) is 23.3 Å². The first-order valence-electron chi connectivity index (χ1n) is 5.15. The van der Waals surface area contributed by atoms with Gasteiger partial charge in [0.15, 0.2) is 4.60 Å². The summed E-state index contributed by atoms with van der Waals surface area (Å²) < 4.78 is 2.44. The van der Waals surface area contributed by atoms with E-state index in [4.69, 9.17) is 0 Å². The van der Waals surface area contributed by atoms with Gasteiger partial charge in [-0.3, -0.25) is 0 Å². The Morgan fingerprint density at radius 3 is 2.76 bits per heavy atom. The molecule has 0 spiro atoms.